The molecule has 16 heavy (non-hydrogen) atoms. The maximum atomic E-state index is 11.4. The summed E-state index contributed by atoms with van der Waals surface area (Å²) in [4.78, 5) is 19.9. The number of aromatic amines is 1. The Hall–Kier alpha value is -1.36. The highest BCUT2D eigenvalue weighted by molar-refractivity contribution is 5.33. The minimum atomic E-state index is -0.160. The lowest BCUT2D eigenvalue weighted by Gasteiger charge is -2.16. The van der Waals surface area contributed by atoms with E-state index in [4.69, 9.17) is 4.74 Å². The number of anilines is 1. The van der Waals surface area contributed by atoms with Gasteiger partial charge in [-0.2, -0.15) is 0 Å². The summed E-state index contributed by atoms with van der Waals surface area (Å²) >= 11 is 0. The summed E-state index contributed by atoms with van der Waals surface area (Å²) in [5, 5.41) is 0. The fourth-order valence-electron chi connectivity index (χ4n) is 1.46. The summed E-state index contributed by atoms with van der Waals surface area (Å²) < 4.78 is 5.51. The van der Waals surface area contributed by atoms with E-state index in [1.807, 2.05) is 11.9 Å². The minimum Gasteiger partial charge on any atom is -0.379 e. The van der Waals surface area contributed by atoms with Crippen LogP contribution in [0.15, 0.2) is 17.2 Å². The molecule has 5 heteroatoms. The Balaban J connectivity index is 1.76. The summed E-state index contributed by atoms with van der Waals surface area (Å²) in [7, 11) is 1.85. The third kappa shape index (κ3) is 3.06. The zero-order valence-corrected chi connectivity index (χ0v) is 9.48. The molecule has 1 heterocycles. The molecule has 0 amide bonds. The van der Waals surface area contributed by atoms with Crippen LogP contribution in [0.2, 0.25) is 0 Å². The average molecular weight is 223 g/mol. The Bertz CT molecular complexity index is 387. The fraction of sp³-hybridized carbons (Fsp3) is 0.636. The monoisotopic (exact) mass is 223 g/mol. The second-order valence-corrected chi connectivity index (χ2v) is 4.18. The van der Waals surface area contributed by atoms with Crippen molar-refractivity contribution in [3.8, 4) is 0 Å². The molecule has 0 saturated heterocycles. The second kappa shape index (κ2) is 5.12. The first-order chi connectivity index (χ1) is 7.77. The summed E-state index contributed by atoms with van der Waals surface area (Å²) in [5.41, 5.74) is -0.160. The predicted molar refractivity (Wildman–Crippen MR) is 61.7 cm³/mol. The lowest BCUT2D eigenvalue weighted by atomic mass is 10.5. The molecular formula is C11H17N3O2. The number of ether oxygens (including phenoxy) is 1. The Labute approximate surface area is 94.5 Å². The summed E-state index contributed by atoms with van der Waals surface area (Å²) in [6.45, 7) is 2.18. The normalized spacial score (nSPS) is 15.1. The third-order valence-corrected chi connectivity index (χ3v) is 2.67. The highest BCUT2D eigenvalue weighted by atomic mass is 16.5. The van der Waals surface area contributed by atoms with E-state index in [2.05, 4.69) is 9.97 Å². The molecule has 2 rings (SSSR count). The van der Waals surface area contributed by atoms with Gasteiger partial charge in [0.05, 0.1) is 6.61 Å². The third-order valence-electron chi connectivity index (χ3n) is 2.67. The van der Waals surface area contributed by atoms with Crippen molar-refractivity contribution in [3.05, 3.63) is 22.7 Å². The maximum Gasteiger partial charge on any atom is 0.290 e. The molecule has 1 N–H and O–H groups in total. The highest BCUT2D eigenvalue weighted by Gasteiger charge is 2.21. The molecule has 1 aromatic heterocycles. The van der Waals surface area contributed by atoms with E-state index in [1.54, 1.807) is 6.20 Å². The van der Waals surface area contributed by atoms with Crippen LogP contribution in [0, 0.1) is 5.92 Å². The van der Waals surface area contributed by atoms with Crippen molar-refractivity contribution in [2.45, 2.75) is 12.8 Å². The number of nitrogens with one attached hydrogen (secondary N) is 1. The first-order valence-corrected chi connectivity index (χ1v) is 5.60. The van der Waals surface area contributed by atoms with Crippen LogP contribution in [0.4, 0.5) is 5.82 Å². The van der Waals surface area contributed by atoms with Gasteiger partial charge in [0.1, 0.15) is 0 Å². The molecule has 1 saturated carbocycles. The lowest BCUT2D eigenvalue weighted by molar-refractivity contribution is 0.130. The predicted octanol–water partition coefficient (Wildman–Crippen LogP) is 0.633. The number of nitrogens with zero attached hydrogens (tertiary/aromatic N) is 2. The van der Waals surface area contributed by atoms with E-state index in [0.29, 0.717) is 19.0 Å². The number of rotatable bonds is 6. The van der Waals surface area contributed by atoms with Gasteiger partial charge in [0, 0.05) is 32.6 Å². The van der Waals surface area contributed by atoms with Crippen LogP contribution in [0.5, 0.6) is 0 Å². The molecule has 5 nitrogen and oxygen atoms in total. The Kier molecular flexibility index (Phi) is 3.56. The zero-order valence-electron chi connectivity index (χ0n) is 9.48. The van der Waals surface area contributed by atoms with Crippen LogP contribution in [0.1, 0.15) is 12.8 Å². The van der Waals surface area contributed by atoms with E-state index in [1.165, 1.54) is 19.0 Å². The molecule has 88 valence electrons. The van der Waals surface area contributed by atoms with E-state index in [0.717, 1.165) is 12.5 Å². The van der Waals surface area contributed by atoms with Crippen molar-refractivity contribution >= 4 is 5.82 Å². The first kappa shape index (κ1) is 11.1. The Morgan fingerprint density at radius 3 is 3.12 bits per heavy atom. The van der Waals surface area contributed by atoms with Gasteiger partial charge >= 0.3 is 0 Å². The molecule has 0 atom stereocenters. The minimum absolute atomic E-state index is 0.160. The zero-order chi connectivity index (χ0) is 11.4. The van der Waals surface area contributed by atoms with Crippen molar-refractivity contribution in [2.75, 3.05) is 31.7 Å². The Morgan fingerprint density at radius 1 is 1.62 bits per heavy atom. The quantitative estimate of drug-likeness (QED) is 0.719. The van der Waals surface area contributed by atoms with E-state index in [9.17, 15) is 4.79 Å². The maximum absolute atomic E-state index is 11.4. The molecule has 0 spiro atoms. The van der Waals surface area contributed by atoms with Gasteiger partial charge in [0.15, 0.2) is 5.82 Å². The average Bonchev–Trinajstić information content (AvgIpc) is 3.08. The summed E-state index contributed by atoms with van der Waals surface area (Å²) in [5.74, 6) is 1.22. The van der Waals surface area contributed by atoms with Crippen LogP contribution >= 0.6 is 0 Å². The molecule has 1 aliphatic carbocycles. The van der Waals surface area contributed by atoms with Crippen molar-refractivity contribution < 1.29 is 4.74 Å². The van der Waals surface area contributed by atoms with Gasteiger partial charge in [-0.05, 0) is 18.8 Å². The van der Waals surface area contributed by atoms with Gasteiger partial charge in [0.2, 0.25) is 0 Å². The first-order valence-electron chi connectivity index (χ1n) is 5.60. The standard InChI is InChI=1S/C11H17N3O2/c1-14(6-7-16-8-9-2-3-9)10-11(15)13-5-4-12-10/h4-5,9H,2-3,6-8H2,1H3,(H,13,15). The van der Waals surface area contributed by atoms with E-state index in [-0.39, 0.29) is 5.56 Å². The van der Waals surface area contributed by atoms with Crippen LogP contribution in [-0.4, -0.2) is 36.8 Å². The number of hydrogen-bond acceptors (Lipinski definition) is 4. The Morgan fingerprint density at radius 2 is 2.44 bits per heavy atom. The summed E-state index contributed by atoms with van der Waals surface area (Å²) in [6, 6.07) is 0. The second-order valence-electron chi connectivity index (χ2n) is 4.18. The highest BCUT2D eigenvalue weighted by Crippen LogP contribution is 2.28. The molecule has 0 aliphatic heterocycles. The van der Waals surface area contributed by atoms with Crippen molar-refractivity contribution in [3.63, 3.8) is 0 Å². The van der Waals surface area contributed by atoms with Crippen molar-refractivity contribution in [1.82, 2.24) is 9.97 Å². The SMILES string of the molecule is CN(CCOCC1CC1)c1ncc[nH]c1=O. The molecule has 0 unspecified atom stereocenters. The van der Waals surface area contributed by atoms with Gasteiger partial charge in [-0.25, -0.2) is 4.98 Å². The van der Waals surface area contributed by atoms with Crippen LogP contribution in [-0.2, 0) is 4.74 Å². The fourth-order valence-corrected chi connectivity index (χ4v) is 1.46. The number of hydrogen-bond donors (Lipinski definition) is 1. The van der Waals surface area contributed by atoms with Gasteiger partial charge in [-0.1, -0.05) is 0 Å². The smallest absolute Gasteiger partial charge is 0.290 e. The number of likely N-dealkylation sites (N-methyl/N-ethyl adjacent to an activating group) is 1. The topological polar surface area (TPSA) is 58.2 Å². The van der Waals surface area contributed by atoms with Crippen molar-refractivity contribution in [1.29, 1.82) is 0 Å². The molecule has 0 bridgehead atoms. The molecule has 1 aromatic rings. The molecule has 1 fully saturated rings. The van der Waals surface area contributed by atoms with Gasteiger partial charge in [-0.15, -0.1) is 0 Å². The molecule has 1 aliphatic rings. The molecular weight excluding hydrogens is 206 g/mol. The molecule has 0 radical (unpaired) electrons. The largest absolute Gasteiger partial charge is 0.379 e. The van der Waals surface area contributed by atoms with Gasteiger partial charge in [0.25, 0.3) is 5.56 Å². The van der Waals surface area contributed by atoms with Crippen LogP contribution in [0.3, 0.4) is 0 Å². The summed E-state index contributed by atoms with van der Waals surface area (Å²) in [6.07, 6.45) is 5.72. The van der Waals surface area contributed by atoms with Gasteiger partial charge in [-0.3, -0.25) is 4.79 Å². The number of H-pyrrole nitrogens is 1. The van der Waals surface area contributed by atoms with E-state index >= 15 is 0 Å². The van der Waals surface area contributed by atoms with E-state index < -0.39 is 0 Å². The lowest BCUT2D eigenvalue weighted by Crippen LogP contribution is -2.29. The molecule has 0 aromatic carbocycles. The van der Waals surface area contributed by atoms with Crippen LogP contribution in [0.25, 0.3) is 0 Å². The van der Waals surface area contributed by atoms with Gasteiger partial charge < -0.3 is 14.6 Å². The van der Waals surface area contributed by atoms with Crippen molar-refractivity contribution in [2.24, 2.45) is 5.92 Å². The number of aromatic nitrogens is 2. The van der Waals surface area contributed by atoms with Crippen LogP contribution < -0.4 is 10.5 Å².